The Balaban J connectivity index is 0.00000160. The molecule has 14 heteroatoms. The third-order valence-electron chi connectivity index (χ3n) is 8.07. The van der Waals surface area contributed by atoms with Crippen LogP contribution >= 0.6 is 0 Å². The van der Waals surface area contributed by atoms with E-state index in [0.717, 1.165) is 34.0 Å². The van der Waals surface area contributed by atoms with Crippen LogP contribution in [0.3, 0.4) is 0 Å². The van der Waals surface area contributed by atoms with Crippen molar-refractivity contribution >= 4 is 44.9 Å². The van der Waals surface area contributed by atoms with Crippen molar-refractivity contribution in [2.75, 3.05) is 30.7 Å². The summed E-state index contributed by atoms with van der Waals surface area (Å²) in [6, 6.07) is 14.1. The van der Waals surface area contributed by atoms with E-state index >= 15 is 0 Å². The number of aliphatic hydroxyl groups excluding tert-OH is 1. The highest BCUT2D eigenvalue weighted by Gasteiger charge is 2.29. The molecular weight excluding hydrogens is 624 g/mol. The van der Waals surface area contributed by atoms with Crippen LogP contribution in [-0.4, -0.2) is 85.0 Å². The molecule has 0 bridgehead atoms. The molecule has 0 radical (unpaired) electrons. The van der Waals surface area contributed by atoms with Gasteiger partial charge in [0, 0.05) is 63.3 Å². The Kier molecular flexibility index (Phi) is 11.7. The van der Waals surface area contributed by atoms with Gasteiger partial charge in [-0.3, -0.25) is 23.7 Å². The van der Waals surface area contributed by atoms with Crippen molar-refractivity contribution in [3.63, 3.8) is 0 Å². The maximum Gasteiger partial charge on any atom is 0.290 e. The number of rotatable bonds is 11. The van der Waals surface area contributed by atoms with Crippen molar-refractivity contribution in [1.29, 1.82) is 0 Å². The standard InChI is InChI=1S/C32H38N6O5S.CH2O2/c1-4-23-20-38-10-11-44(42,43)37(3)28-15-24(14-26(23)30(28)38)32(41)36-27(13-21-8-6-5-7-9-21)29(39)19-35-17-22-12-25(18-34-16-22)31(40)33-2;2-1-3/h5-9,12,14-16,18,20,27,29,35,39H,4,10-11,13,17,19H2,1-3H3,(H,33,40)(H,36,41);1H,(H,2,3)/t27-,29+;/m0./s1. The largest absolute Gasteiger partial charge is 0.483 e. The van der Waals surface area contributed by atoms with E-state index in [9.17, 15) is 23.1 Å². The summed E-state index contributed by atoms with van der Waals surface area (Å²) >= 11 is 0. The molecule has 1 aliphatic rings. The Morgan fingerprint density at radius 3 is 2.47 bits per heavy atom. The molecule has 0 saturated carbocycles. The van der Waals surface area contributed by atoms with Crippen molar-refractivity contribution < 1.29 is 33.0 Å². The fraction of sp³-hybridized carbons (Fsp3) is 0.333. The third kappa shape index (κ3) is 8.33. The van der Waals surface area contributed by atoms with Gasteiger partial charge in [-0.05, 0) is 47.7 Å². The quantitative estimate of drug-likeness (QED) is 0.150. The lowest BCUT2D eigenvalue weighted by molar-refractivity contribution is -0.122. The first-order chi connectivity index (χ1) is 22.5. The van der Waals surface area contributed by atoms with Gasteiger partial charge in [-0.1, -0.05) is 37.3 Å². The molecule has 250 valence electrons. The number of carbonyl (C=O) groups is 3. The van der Waals surface area contributed by atoms with Crippen LogP contribution in [0.1, 0.15) is 44.3 Å². The minimum Gasteiger partial charge on any atom is -0.483 e. The molecule has 1 aliphatic heterocycles. The van der Waals surface area contributed by atoms with Gasteiger partial charge in [0.25, 0.3) is 18.3 Å². The fourth-order valence-corrected chi connectivity index (χ4v) is 6.72. The zero-order valence-electron chi connectivity index (χ0n) is 26.5. The Labute approximate surface area is 273 Å². The summed E-state index contributed by atoms with van der Waals surface area (Å²) in [6.45, 7) is 2.64. The van der Waals surface area contributed by atoms with Crippen LogP contribution in [0.4, 0.5) is 5.69 Å². The van der Waals surface area contributed by atoms with Crippen molar-refractivity contribution in [3.05, 3.63) is 94.9 Å². The SMILES string of the molecule is CCc1cn2c3c(cc(C(=O)N[C@@H](Cc4ccccc4)[C@H](O)CNCc4cncc(C(=O)NC)c4)cc13)N(C)S(=O)(=O)CC2.O=CO. The zero-order chi connectivity index (χ0) is 34.1. The van der Waals surface area contributed by atoms with Gasteiger partial charge in [0.2, 0.25) is 10.0 Å². The van der Waals surface area contributed by atoms with Crippen LogP contribution in [0.5, 0.6) is 0 Å². The number of hydrogen-bond donors (Lipinski definition) is 5. The monoisotopic (exact) mass is 664 g/mol. The fourth-order valence-electron chi connectivity index (χ4n) is 5.58. The van der Waals surface area contributed by atoms with E-state index in [4.69, 9.17) is 9.90 Å². The number of amides is 2. The number of benzene rings is 2. The predicted octanol–water partition coefficient (Wildman–Crippen LogP) is 1.93. The molecule has 13 nitrogen and oxygen atoms in total. The Bertz CT molecular complexity index is 1830. The number of nitrogens with one attached hydrogen (secondary N) is 3. The summed E-state index contributed by atoms with van der Waals surface area (Å²) in [5, 5.41) is 27.8. The second kappa shape index (κ2) is 15.7. The number of aliphatic hydroxyl groups is 1. The van der Waals surface area contributed by atoms with Crippen LogP contribution in [0.2, 0.25) is 0 Å². The van der Waals surface area contributed by atoms with Crippen molar-refractivity contribution in [3.8, 4) is 0 Å². The molecule has 2 atom stereocenters. The number of carboxylic acid groups (broad SMARTS) is 1. The highest BCUT2D eigenvalue weighted by atomic mass is 32.2. The molecule has 3 heterocycles. The Morgan fingerprint density at radius 1 is 1.06 bits per heavy atom. The molecule has 0 fully saturated rings. The smallest absolute Gasteiger partial charge is 0.290 e. The van der Waals surface area contributed by atoms with E-state index in [2.05, 4.69) is 20.9 Å². The first-order valence-corrected chi connectivity index (χ1v) is 16.7. The second-order valence-electron chi connectivity index (χ2n) is 11.1. The molecule has 5 rings (SSSR count). The highest BCUT2D eigenvalue weighted by molar-refractivity contribution is 7.92. The average molecular weight is 665 g/mol. The molecule has 0 unspecified atom stereocenters. The van der Waals surface area contributed by atoms with Crippen LogP contribution in [-0.2, 0) is 40.7 Å². The Hall–Kier alpha value is -4.79. The van der Waals surface area contributed by atoms with Gasteiger partial charge < -0.3 is 30.7 Å². The number of sulfonamides is 1. The van der Waals surface area contributed by atoms with Gasteiger partial charge in [-0.25, -0.2) is 8.42 Å². The van der Waals surface area contributed by atoms with Gasteiger partial charge >= 0.3 is 0 Å². The van der Waals surface area contributed by atoms with E-state index in [1.165, 1.54) is 17.5 Å². The van der Waals surface area contributed by atoms with Crippen molar-refractivity contribution in [2.24, 2.45) is 0 Å². The van der Waals surface area contributed by atoms with Crippen LogP contribution in [0.15, 0.2) is 67.1 Å². The van der Waals surface area contributed by atoms with Gasteiger partial charge in [0.05, 0.1) is 34.7 Å². The lowest BCUT2D eigenvalue weighted by Crippen LogP contribution is -2.48. The third-order valence-corrected chi connectivity index (χ3v) is 9.80. The number of carbonyl (C=O) groups excluding carboxylic acids is 2. The normalized spacial score (nSPS) is 14.7. The van der Waals surface area contributed by atoms with E-state index in [1.807, 2.05) is 54.1 Å². The molecule has 2 aromatic carbocycles. The van der Waals surface area contributed by atoms with Gasteiger partial charge in [-0.15, -0.1) is 0 Å². The number of aromatic nitrogens is 2. The highest BCUT2D eigenvalue weighted by Crippen LogP contribution is 2.35. The van der Waals surface area contributed by atoms with Gasteiger partial charge in [-0.2, -0.15) is 0 Å². The zero-order valence-corrected chi connectivity index (χ0v) is 27.3. The number of anilines is 1. The predicted molar refractivity (Wildman–Crippen MR) is 179 cm³/mol. The minimum absolute atomic E-state index is 0.0306. The summed E-state index contributed by atoms with van der Waals surface area (Å²) in [5.74, 6) is -0.674. The average Bonchev–Trinajstić information content (AvgIpc) is 3.40. The molecule has 0 aliphatic carbocycles. The molecule has 0 spiro atoms. The maximum atomic E-state index is 13.8. The molecule has 2 aromatic heterocycles. The van der Waals surface area contributed by atoms with E-state index in [-0.39, 0.29) is 24.7 Å². The summed E-state index contributed by atoms with van der Waals surface area (Å²) in [6.07, 6.45) is 5.25. The molecule has 4 aromatic rings. The Morgan fingerprint density at radius 2 is 1.79 bits per heavy atom. The summed E-state index contributed by atoms with van der Waals surface area (Å²) in [5.41, 5.74) is 4.76. The van der Waals surface area contributed by atoms with E-state index in [1.54, 1.807) is 25.4 Å². The van der Waals surface area contributed by atoms with Crippen LogP contribution < -0.4 is 20.3 Å². The number of pyridine rings is 1. The van der Waals surface area contributed by atoms with E-state index in [0.29, 0.717) is 36.3 Å². The van der Waals surface area contributed by atoms with Gasteiger partial charge in [0.15, 0.2) is 0 Å². The van der Waals surface area contributed by atoms with E-state index < -0.39 is 28.1 Å². The summed E-state index contributed by atoms with van der Waals surface area (Å²) in [4.78, 5) is 38.3. The second-order valence-corrected chi connectivity index (χ2v) is 13.2. The van der Waals surface area contributed by atoms with Crippen molar-refractivity contribution in [1.82, 2.24) is 25.5 Å². The number of hydrogen-bond acceptors (Lipinski definition) is 8. The van der Waals surface area contributed by atoms with Crippen LogP contribution in [0, 0.1) is 0 Å². The lowest BCUT2D eigenvalue weighted by Gasteiger charge is -2.25. The molecule has 2 amide bonds. The molecule has 5 N–H and O–H groups in total. The van der Waals surface area contributed by atoms with Crippen molar-refractivity contribution in [2.45, 2.75) is 45.0 Å². The maximum absolute atomic E-state index is 13.8. The van der Waals surface area contributed by atoms with Crippen LogP contribution in [0.25, 0.3) is 10.9 Å². The summed E-state index contributed by atoms with van der Waals surface area (Å²) < 4.78 is 29.1. The number of nitrogens with zero attached hydrogens (tertiary/aromatic N) is 3. The molecule has 47 heavy (non-hydrogen) atoms. The molecule has 0 saturated heterocycles. The first kappa shape index (κ1) is 35.1. The minimum atomic E-state index is -3.56. The first-order valence-electron chi connectivity index (χ1n) is 15.1. The topological polar surface area (TPSA) is 183 Å². The lowest BCUT2D eigenvalue weighted by atomic mass is 9.99. The summed E-state index contributed by atoms with van der Waals surface area (Å²) in [7, 11) is -0.482. The molecular formula is C33H40N6O7S. The van der Waals surface area contributed by atoms with Gasteiger partial charge in [0.1, 0.15) is 0 Å². The number of aryl methyl sites for hydroxylation is 2.